The molecule has 2 aromatic carbocycles. The Morgan fingerprint density at radius 1 is 1.14 bits per heavy atom. The first-order valence-electron chi connectivity index (χ1n) is 7.33. The van der Waals surface area contributed by atoms with Crippen LogP contribution in [0.5, 0.6) is 0 Å². The van der Waals surface area contributed by atoms with Crippen LogP contribution in [0.1, 0.15) is 39.9 Å². The van der Waals surface area contributed by atoms with Crippen LogP contribution >= 0.6 is 0 Å². The third-order valence-electron chi connectivity index (χ3n) is 4.01. The van der Waals surface area contributed by atoms with Crippen molar-refractivity contribution in [3.63, 3.8) is 0 Å². The Bertz CT molecular complexity index is 694. The predicted octanol–water partition coefficient (Wildman–Crippen LogP) is 4.27. The van der Waals surface area contributed by atoms with E-state index in [4.69, 9.17) is 0 Å². The lowest BCUT2D eigenvalue weighted by Gasteiger charge is -2.19. The number of halogens is 1. The van der Waals surface area contributed by atoms with E-state index in [1.165, 1.54) is 29.7 Å². The van der Waals surface area contributed by atoms with Gasteiger partial charge in [0, 0.05) is 5.69 Å². The topological polar surface area (TPSA) is 29.1 Å². The molecule has 1 amide bonds. The van der Waals surface area contributed by atoms with Crippen LogP contribution in [0, 0.1) is 12.7 Å². The second-order valence-electron chi connectivity index (χ2n) is 5.59. The van der Waals surface area contributed by atoms with Gasteiger partial charge in [-0.05, 0) is 67.5 Å². The lowest BCUT2D eigenvalue weighted by Crippen LogP contribution is -2.16. The molecule has 108 valence electrons. The number of anilines is 1. The van der Waals surface area contributed by atoms with Crippen LogP contribution in [0.4, 0.5) is 10.1 Å². The van der Waals surface area contributed by atoms with E-state index >= 15 is 0 Å². The highest BCUT2D eigenvalue weighted by molar-refractivity contribution is 6.05. The van der Waals surface area contributed by atoms with E-state index in [9.17, 15) is 9.18 Å². The second kappa shape index (κ2) is 5.68. The van der Waals surface area contributed by atoms with Gasteiger partial charge in [0.1, 0.15) is 5.82 Å². The van der Waals surface area contributed by atoms with Crippen molar-refractivity contribution in [3.05, 3.63) is 64.5 Å². The van der Waals surface area contributed by atoms with E-state index in [1.807, 2.05) is 12.1 Å². The van der Waals surface area contributed by atoms with E-state index in [1.54, 1.807) is 13.0 Å². The first-order chi connectivity index (χ1) is 10.1. The Morgan fingerprint density at radius 2 is 1.95 bits per heavy atom. The van der Waals surface area contributed by atoms with Gasteiger partial charge in [0.25, 0.3) is 5.91 Å². The normalized spacial score (nSPS) is 13.6. The maximum absolute atomic E-state index is 13.9. The Kier molecular flexibility index (Phi) is 3.74. The maximum Gasteiger partial charge on any atom is 0.258 e. The highest BCUT2D eigenvalue weighted by atomic mass is 19.1. The molecule has 1 aliphatic rings. The molecule has 0 aromatic heterocycles. The fraction of sp³-hybridized carbons (Fsp3) is 0.278. The average molecular weight is 283 g/mol. The summed E-state index contributed by atoms with van der Waals surface area (Å²) in [5, 5.41) is 2.87. The van der Waals surface area contributed by atoms with Crippen LogP contribution in [0.25, 0.3) is 0 Å². The highest BCUT2D eigenvalue weighted by Crippen LogP contribution is 2.28. The van der Waals surface area contributed by atoms with Gasteiger partial charge in [-0.1, -0.05) is 18.2 Å². The van der Waals surface area contributed by atoms with Crippen molar-refractivity contribution in [1.29, 1.82) is 0 Å². The van der Waals surface area contributed by atoms with Crippen molar-refractivity contribution in [1.82, 2.24) is 0 Å². The molecule has 0 spiro atoms. The summed E-state index contributed by atoms with van der Waals surface area (Å²) in [6.45, 7) is 1.80. The van der Waals surface area contributed by atoms with Gasteiger partial charge < -0.3 is 5.32 Å². The largest absolute Gasteiger partial charge is 0.322 e. The van der Waals surface area contributed by atoms with Gasteiger partial charge in [0.05, 0.1) is 5.56 Å². The minimum atomic E-state index is -0.475. The summed E-state index contributed by atoms with van der Waals surface area (Å²) in [5.41, 5.74) is 4.21. The lowest BCUT2D eigenvalue weighted by atomic mass is 9.90. The van der Waals surface area contributed by atoms with Gasteiger partial charge in [-0.25, -0.2) is 4.39 Å². The number of carbonyl (C=O) groups excluding carboxylic acids is 1. The lowest BCUT2D eigenvalue weighted by molar-refractivity contribution is 0.102. The Hall–Kier alpha value is -2.16. The summed E-state index contributed by atoms with van der Waals surface area (Å²) >= 11 is 0. The Balaban J connectivity index is 1.88. The molecular formula is C18H18FNO. The molecule has 0 unspecified atom stereocenters. The van der Waals surface area contributed by atoms with Gasteiger partial charge in [0.2, 0.25) is 0 Å². The first kappa shape index (κ1) is 13.8. The van der Waals surface area contributed by atoms with E-state index in [-0.39, 0.29) is 11.5 Å². The zero-order valence-corrected chi connectivity index (χ0v) is 12.1. The molecule has 0 atom stereocenters. The van der Waals surface area contributed by atoms with Gasteiger partial charge in [-0.15, -0.1) is 0 Å². The van der Waals surface area contributed by atoms with Gasteiger partial charge in [0.15, 0.2) is 0 Å². The van der Waals surface area contributed by atoms with Crippen molar-refractivity contribution in [2.24, 2.45) is 0 Å². The number of rotatable bonds is 2. The first-order valence-corrected chi connectivity index (χ1v) is 7.33. The fourth-order valence-electron chi connectivity index (χ4n) is 2.89. The quantitative estimate of drug-likeness (QED) is 0.876. The van der Waals surface area contributed by atoms with Crippen molar-refractivity contribution in [3.8, 4) is 0 Å². The molecule has 1 N–H and O–H groups in total. The van der Waals surface area contributed by atoms with Crippen LogP contribution in [-0.4, -0.2) is 5.91 Å². The summed E-state index contributed by atoms with van der Waals surface area (Å²) in [6.07, 6.45) is 4.36. The molecular weight excluding hydrogens is 265 g/mol. The molecule has 2 nitrogen and oxygen atoms in total. The molecule has 2 aromatic rings. The van der Waals surface area contributed by atoms with Gasteiger partial charge >= 0.3 is 0 Å². The van der Waals surface area contributed by atoms with Crippen LogP contribution in [0.15, 0.2) is 36.4 Å². The molecule has 0 saturated carbocycles. The van der Waals surface area contributed by atoms with Crippen LogP contribution in [-0.2, 0) is 12.8 Å². The second-order valence-corrected chi connectivity index (χ2v) is 5.59. The maximum atomic E-state index is 13.9. The molecule has 0 saturated heterocycles. The van der Waals surface area contributed by atoms with Crippen LogP contribution in [0.3, 0.4) is 0 Å². The molecule has 0 aliphatic heterocycles. The number of amides is 1. The summed E-state index contributed by atoms with van der Waals surface area (Å²) in [7, 11) is 0. The van der Waals surface area contributed by atoms with Crippen molar-refractivity contribution in [2.75, 3.05) is 5.32 Å². The number of aryl methyl sites for hydroxylation is 2. The minimum Gasteiger partial charge on any atom is -0.322 e. The Labute approximate surface area is 124 Å². The number of hydrogen-bond acceptors (Lipinski definition) is 1. The molecule has 0 fully saturated rings. The van der Waals surface area contributed by atoms with E-state index < -0.39 is 5.82 Å². The number of hydrogen-bond donors (Lipinski definition) is 1. The zero-order chi connectivity index (χ0) is 14.8. The van der Waals surface area contributed by atoms with Crippen molar-refractivity contribution >= 4 is 11.6 Å². The summed E-state index contributed by atoms with van der Waals surface area (Å²) in [4.78, 5) is 12.3. The van der Waals surface area contributed by atoms with Crippen molar-refractivity contribution < 1.29 is 9.18 Å². The molecule has 3 rings (SSSR count). The van der Waals surface area contributed by atoms with Crippen LogP contribution < -0.4 is 5.32 Å². The standard InChI is InChI=1S/C18H18FNO/c1-12-9-10-15(16(19)11-12)18(21)20-17-8-4-6-13-5-2-3-7-14(13)17/h4,6,8-11H,2-3,5,7H2,1H3,(H,20,21). The third kappa shape index (κ3) is 2.82. The summed E-state index contributed by atoms with van der Waals surface area (Å²) < 4.78 is 13.9. The summed E-state index contributed by atoms with van der Waals surface area (Å²) in [6, 6.07) is 10.6. The number of fused-ring (bicyclic) bond motifs is 1. The van der Waals surface area contributed by atoms with E-state index in [2.05, 4.69) is 11.4 Å². The molecule has 3 heteroatoms. The molecule has 0 bridgehead atoms. The van der Waals surface area contributed by atoms with Gasteiger partial charge in [-0.3, -0.25) is 4.79 Å². The number of carbonyl (C=O) groups is 1. The Morgan fingerprint density at radius 3 is 2.76 bits per heavy atom. The van der Waals surface area contributed by atoms with Gasteiger partial charge in [-0.2, -0.15) is 0 Å². The monoisotopic (exact) mass is 283 g/mol. The molecule has 21 heavy (non-hydrogen) atoms. The van der Waals surface area contributed by atoms with Crippen LogP contribution in [0.2, 0.25) is 0 Å². The van der Waals surface area contributed by atoms with E-state index in [0.29, 0.717) is 0 Å². The zero-order valence-electron chi connectivity index (χ0n) is 12.1. The SMILES string of the molecule is Cc1ccc(C(=O)Nc2cccc3c2CCCC3)c(F)c1. The molecule has 0 heterocycles. The number of nitrogens with one attached hydrogen (secondary N) is 1. The summed E-state index contributed by atoms with van der Waals surface area (Å²) in [5.74, 6) is -0.858. The number of benzene rings is 2. The smallest absolute Gasteiger partial charge is 0.258 e. The molecule has 1 aliphatic carbocycles. The molecule has 0 radical (unpaired) electrons. The van der Waals surface area contributed by atoms with Crippen molar-refractivity contribution in [2.45, 2.75) is 32.6 Å². The third-order valence-corrected chi connectivity index (χ3v) is 4.01. The van der Waals surface area contributed by atoms with E-state index in [0.717, 1.165) is 30.5 Å². The fourth-order valence-corrected chi connectivity index (χ4v) is 2.89. The minimum absolute atomic E-state index is 0.0917. The highest BCUT2D eigenvalue weighted by Gasteiger charge is 2.17. The predicted molar refractivity (Wildman–Crippen MR) is 82.2 cm³/mol. The average Bonchev–Trinajstić information content (AvgIpc) is 2.47.